The van der Waals surface area contributed by atoms with E-state index in [4.69, 9.17) is 9.47 Å². The van der Waals surface area contributed by atoms with Gasteiger partial charge in [-0.3, -0.25) is 9.69 Å². The molecule has 0 radical (unpaired) electrons. The van der Waals surface area contributed by atoms with Gasteiger partial charge in [-0.2, -0.15) is 4.31 Å². The maximum absolute atomic E-state index is 13.6. The van der Waals surface area contributed by atoms with Crippen LogP contribution in [0.25, 0.3) is 0 Å². The molecule has 0 spiro atoms. The number of nitrogens with one attached hydrogen (secondary N) is 1. The van der Waals surface area contributed by atoms with E-state index in [9.17, 15) is 13.2 Å². The third-order valence-electron chi connectivity index (χ3n) is 6.36. The van der Waals surface area contributed by atoms with Gasteiger partial charge in [0.25, 0.3) is 0 Å². The lowest BCUT2D eigenvalue weighted by Crippen LogP contribution is -2.48. The van der Waals surface area contributed by atoms with E-state index in [1.54, 1.807) is 6.07 Å². The van der Waals surface area contributed by atoms with Crippen LogP contribution in [0.4, 0.5) is 0 Å². The number of hydrogen-bond acceptors (Lipinski definition) is 7. The molecule has 2 saturated heterocycles. The van der Waals surface area contributed by atoms with E-state index < -0.39 is 10.0 Å². The van der Waals surface area contributed by atoms with Gasteiger partial charge in [0.1, 0.15) is 0 Å². The van der Waals surface area contributed by atoms with Crippen molar-refractivity contribution in [2.45, 2.75) is 37.1 Å². The number of carbonyl (C=O) groups is 1. The standard InChI is InChI=1S/C22H36N4O5S/c1-4-24-12-5-6-18(24)17-26(13-9-22(27)25-14-10-23-11-15-25)32(28,29)19-7-8-20(30-2)21(16-19)31-3/h7-8,16,18,23H,4-6,9-15,17H2,1-3H3/t18-/m0/s1. The van der Waals surface area contributed by atoms with Crippen molar-refractivity contribution in [2.75, 3.05) is 66.6 Å². The molecule has 180 valence electrons. The highest BCUT2D eigenvalue weighted by Gasteiger charge is 2.32. The van der Waals surface area contributed by atoms with Gasteiger partial charge in [-0.1, -0.05) is 6.92 Å². The first-order valence-electron chi connectivity index (χ1n) is 11.4. The zero-order chi connectivity index (χ0) is 23.1. The summed E-state index contributed by atoms with van der Waals surface area (Å²) >= 11 is 0. The molecule has 2 aliphatic rings. The number of hydrogen-bond donors (Lipinski definition) is 1. The number of sulfonamides is 1. The van der Waals surface area contributed by atoms with Crippen LogP contribution in [-0.2, 0) is 14.8 Å². The van der Waals surface area contributed by atoms with Crippen molar-refractivity contribution in [3.63, 3.8) is 0 Å². The molecule has 1 amide bonds. The van der Waals surface area contributed by atoms with Crippen molar-refractivity contribution < 1.29 is 22.7 Å². The normalized spacial score (nSPS) is 20.0. The fourth-order valence-electron chi connectivity index (χ4n) is 4.48. The van der Waals surface area contributed by atoms with Crippen molar-refractivity contribution in [1.82, 2.24) is 19.4 Å². The zero-order valence-corrected chi connectivity index (χ0v) is 20.2. The number of rotatable bonds is 10. The largest absolute Gasteiger partial charge is 0.493 e. The van der Waals surface area contributed by atoms with Gasteiger partial charge in [0.15, 0.2) is 11.5 Å². The average molecular weight is 469 g/mol. The minimum atomic E-state index is -3.82. The van der Waals surface area contributed by atoms with Crippen molar-refractivity contribution >= 4 is 15.9 Å². The minimum absolute atomic E-state index is 0.00205. The van der Waals surface area contributed by atoms with Gasteiger partial charge in [0, 0.05) is 57.8 Å². The summed E-state index contributed by atoms with van der Waals surface area (Å²) in [5, 5.41) is 3.23. The number of likely N-dealkylation sites (tertiary alicyclic amines) is 1. The quantitative estimate of drug-likeness (QED) is 0.548. The second-order valence-electron chi connectivity index (χ2n) is 8.19. The predicted octanol–water partition coefficient (Wildman–Crippen LogP) is 1.00. The van der Waals surface area contributed by atoms with Crippen LogP contribution < -0.4 is 14.8 Å². The smallest absolute Gasteiger partial charge is 0.243 e. The van der Waals surface area contributed by atoms with Crippen LogP contribution in [0.5, 0.6) is 11.5 Å². The Morgan fingerprint density at radius 2 is 1.88 bits per heavy atom. The molecular weight excluding hydrogens is 432 g/mol. The van der Waals surface area contributed by atoms with Gasteiger partial charge >= 0.3 is 0 Å². The first-order valence-corrected chi connectivity index (χ1v) is 12.8. The molecule has 1 atom stereocenters. The number of nitrogens with zero attached hydrogens (tertiary/aromatic N) is 3. The molecule has 32 heavy (non-hydrogen) atoms. The summed E-state index contributed by atoms with van der Waals surface area (Å²) < 4.78 is 39.3. The van der Waals surface area contributed by atoms with Gasteiger partial charge in [0.05, 0.1) is 19.1 Å². The van der Waals surface area contributed by atoms with Crippen LogP contribution in [-0.4, -0.2) is 101 Å². The molecule has 2 heterocycles. The van der Waals surface area contributed by atoms with Gasteiger partial charge in [-0.25, -0.2) is 8.42 Å². The third-order valence-corrected chi connectivity index (χ3v) is 8.22. The van der Waals surface area contributed by atoms with E-state index in [0.29, 0.717) is 31.1 Å². The van der Waals surface area contributed by atoms with E-state index in [0.717, 1.165) is 39.0 Å². The van der Waals surface area contributed by atoms with Gasteiger partial charge in [0.2, 0.25) is 15.9 Å². The summed E-state index contributed by atoms with van der Waals surface area (Å²) in [6.07, 6.45) is 2.19. The van der Waals surface area contributed by atoms with Crippen LogP contribution in [0, 0.1) is 0 Å². The second kappa shape index (κ2) is 11.3. The topological polar surface area (TPSA) is 91.4 Å². The Morgan fingerprint density at radius 1 is 1.16 bits per heavy atom. The Morgan fingerprint density at radius 3 is 2.53 bits per heavy atom. The first-order chi connectivity index (χ1) is 15.4. The monoisotopic (exact) mass is 468 g/mol. The second-order valence-corrected chi connectivity index (χ2v) is 10.1. The Labute approximate surface area is 191 Å². The molecule has 0 bridgehead atoms. The van der Waals surface area contributed by atoms with Crippen molar-refractivity contribution in [3.8, 4) is 11.5 Å². The third kappa shape index (κ3) is 5.72. The lowest BCUT2D eigenvalue weighted by atomic mass is 10.2. The fourth-order valence-corrected chi connectivity index (χ4v) is 5.98. The van der Waals surface area contributed by atoms with E-state index in [1.165, 1.54) is 30.7 Å². The first kappa shape index (κ1) is 24.8. The number of ether oxygens (including phenoxy) is 2. The van der Waals surface area contributed by atoms with Gasteiger partial charge in [-0.15, -0.1) is 0 Å². The van der Waals surface area contributed by atoms with Crippen LogP contribution in [0.1, 0.15) is 26.2 Å². The highest BCUT2D eigenvalue weighted by atomic mass is 32.2. The zero-order valence-electron chi connectivity index (χ0n) is 19.4. The van der Waals surface area contributed by atoms with Crippen LogP contribution in [0.15, 0.2) is 23.1 Å². The molecule has 1 aromatic carbocycles. The lowest BCUT2D eigenvalue weighted by molar-refractivity contribution is -0.131. The number of piperazine rings is 1. The van der Waals surface area contributed by atoms with Gasteiger partial charge in [-0.05, 0) is 38.1 Å². The van der Waals surface area contributed by atoms with E-state index in [1.807, 2.05) is 4.90 Å². The minimum Gasteiger partial charge on any atom is -0.493 e. The molecule has 2 fully saturated rings. The lowest BCUT2D eigenvalue weighted by Gasteiger charge is -2.31. The molecular formula is C22H36N4O5S. The molecule has 0 aromatic heterocycles. The van der Waals surface area contributed by atoms with E-state index in [-0.39, 0.29) is 29.8 Å². The number of carbonyl (C=O) groups excluding carboxylic acids is 1. The highest BCUT2D eigenvalue weighted by molar-refractivity contribution is 7.89. The molecule has 10 heteroatoms. The maximum Gasteiger partial charge on any atom is 0.243 e. The highest BCUT2D eigenvalue weighted by Crippen LogP contribution is 2.31. The average Bonchev–Trinajstić information content (AvgIpc) is 3.28. The number of amides is 1. The van der Waals surface area contributed by atoms with Crippen LogP contribution in [0.2, 0.25) is 0 Å². The fraction of sp³-hybridized carbons (Fsp3) is 0.682. The molecule has 1 N–H and O–H groups in total. The molecule has 0 aliphatic carbocycles. The van der Waals surface area contributed by atoms with Crippen molar-refractivity contribution in [2.24, 2.45) is 0 Å². The van der Waals surface area contributed by atoms with E-state index >= 15 is 0 Å². The summed E-state index contributed by atoms with van der Waals surface area (Å²) in [6, 6.07) is 4.78. The van der Waals surface area contributed by atoms with Crippen molar-refractivity contribution in [1.29, 1.82) is 0 Å². The molecule has 1 aromatic rings. The maximum atomic E-state index is 13.6. The molecule has 9 nitrogen and oxygen atoms in total. The summed E-state index contributed by atoms with van der Waals surface area (Å²) in [4.78, 5) is 17.0. The molecule has 0 unspecified atom stereocenters. The number of methoxy groups -OCH3 is 2. The Kier molecular flexibility index (Phi) is 8.75. The predicted molar refractivity (Wildman–Crippen MR) is 123 cm³/mol. The molecule has 2 aliphatic heterocycles. The number of benzene rings is 1. The summed E-state index contributed by atoms with van der Waals surface area (Å²) in [7, 11) is -0.821. The van der Waals surface area contributed by atoms with Crippen molar-refractivity contribution in [3.05, 3.63) is 18.2 Å². The van der Waals surface area contributed by atoms with Crippen LogP contribution in [0.3, 0.4) is 0 Å². The summed E-state index contributed by atoms with van der Waals surface area (Å²) in [6.45, 7) is 7.35. The molecule has 3 rings (SSSR count). The Balaban J connectivity index is 1.82. The van der Waals surface area contributed by atoms with Gasteiger partial charge < -0.3 is 19.7 Å². The van der Waals surface area contributed by atoms with E-state index in [2.05, 4.69) is 17.1 Å². The van der Waals surface area contributed by atoms with Crippen LogP contribution >= 0.6 is 0 Å². The number of likely N-dealkylation sites (N-methyl/N-ethyl adjacent to an activating group) is 1. The SMILES string of the molecule is CCN1CCC[C@H]1CN(CCC(=O)N1CCNCC1)S(=O)(=O)c1ccc(OC)c(OC)c1. The Bertz CT molecular complexity index is 873. The summed E-state index contributed by atoms with van der Waals surface area (Å²) in [5.74, 6) is 0.832. The molecule has 0 saturated carbocycles. The Hall–Kier alpha value is -1.88. The summed E-state index contributed by atoms with van der Waals surface area (Å²) in [5.41, 5.74) is 0.